The van der Waals surface area contributed by atoms with Crippen LogP contribution in [0, 0.1) is 0 Å². The summed E-state index contributed by atoms with van der Waals surface area (Å²) in [5.74, 6) is -0.948. The zero-order chi connectivity index (χ0) is 13.8. The van der Waals surface area contributed by atoms with Crippen molar-refractivity contribution in [1.29, 1.82) is 0 Å². The fourth-order valence-electron chi connectivity index (χ4n) is 0.987. The molecular formula is C12H17F3O2. The number of halogens is 3. The van der Waals surface area contributed by atoms with Crippen LogP contribution in [0.5, 0.6) is 0 Å². The third kappa shape index (κ3) is 5.56. The molecule has 17 heavy (non-hydrogen) atoms. The largest absolute Gasteiger partial charge is 0.449 e. The number of carbonyl (C=O) groups excluding carboxylic acids is 1. The van der Waals surface area contributed by atoms with Crippen LogP contribution in [0.25, 0.3) is 0 Å². The highest BCUT2D eigenvalue weighted by Gasteiger charge is 2.39. The van der Waals surface area contributed by atoms with Gasteiger partial charge in [0.1, 0.15) is 0 Å². The smallest absolute Gasteiger partial charge is 0.425 e. The van der Waals surface area contributed by atoms with Gasteiger partial charge in [-0.2, -0.15) is 13.2 Å². The molecule has 5 heteroatoms. The van der Waals surface area contributed by atoms with E-state index >= 15 is 0 Å². The molecule has 0 aromatic heterocycles. The minimum Gasteiger partial charge on any atom is -0.449 e. The Labute approximate surface area is 99.1 Å². The van der Waals surface area contributed by atoms with Gasteiger partial charge < -0.3 is 4.74 Å². The number of carbonyl (C=O) groups is 1. The van der Waals surface area contributed by atoms with Crippen LogP contribution in [-0.4, -0.2) is 18.2 Å². The second kappa shape index (κ2) is 5.89. The van der Waals surface area contributed by atoms with Gasteiger partial charge in [0.15, 0.2) is 6.10 Å². The van der Waals surface area contributed by atoms with Gasteiger partial charge in [0.25, 0.3) is 0 Å². The van der Waals surface area contributed by atoms with Crippen molar-refractivity contribution in [2.24, 2.45) is 0 Å². The highest BCUT2D eigenvalue weighted by atomic mass is 19.4. The third-order valence-corrected chi connectivity index (χ3v) is 1.94. The summed E-state index contributed by atoms with van der Waals surface area (Å²) in [6.45, 7) is 7.61. The van der Waals surface area contributed by atoms with Crippen LogP contribution in [-0.2, 0) is 9.53 Å². The van der Waals surface area contributed by atoms with E-state index in [4.69, 9.17) is 0 Å². The molecule has 0 bridgehead atoms. The van der Waals surface area contributed by atoms with E-state index in [2.05, 4.69) is 4.74 Å². The number of alkyl halides is 3. The molecule has 0 heterocycles. The number of allylic oxidation sites excluding steroid dienone is 2. The highest BCUT2D eigenvalue weighted by Crippen LogP contribution is 2.24. The highest BCUT2D eigenvalue weighted by molar-refractivity contribution is 5.92. The van der Waals surface area contributed by atoms with E-state index in [-0.39, 0.29) is 5.57 Å². The Balaban J connectivity index is 4.93. The second-order valence-corrected chi connectivity index (χ2v) is 4.22. The lowest BCUT2D eigenvalue weighted by Gasteiger charge is -2.17. The van der Waals surface area contributed by atoms with Gasteiger partial charge in [-0.25, -0.2) is 4.79 Å². The number of esters is 1. The van der Waals surface area contributed by atoms with E-state index in [1.54, 1.807) is 27.7 Å². The van der Waals surface area contributed by atoms with E-state index in [0.29, 0.717) is 5.57 Å². The number of rotatable bonds is 3. The predicted molar refractivity (Wildman–Crippen MR) is 59.4 cm³/mol. The van der Waals surface area contributed by atoms with Gasteiger partial charge in [0.05, 0.1) is 5.57 Å². The molecule has 1 atom stereocenters. The topological polar surface area (TPSA) is 26.3 Å². The third-order valence-electron chi connectivity index (χ3n) is 1.94. The standard InChI is InChI=1S/C12H17F3O2/c1-7(2)6-10(8(3)4)11(16)17-9(5)12(13,14)15/h6,9H,1-5H3. The van der Waals surface area contributed by atoms with Crippen molar-refractivity contribution in [2.75, 3.05) is 0 Å². The summed E-state index contributed by atoms with van der Waals surface area (Å²) in [5.41, 5.74) is 1.60. The van der Waals surface area contributed by atoms with Crippen LogP contribution in [0.3, 0.4) is 0 Å². The predicted octanol–water partition coefficient (Wildman–Crippen LogP) is 3.78. The molecule has 1 unspecified atom stereocenters. The molecule has 0 amide bonds. The second-order valence-electron chi connectivity index (χ2n) is 4.22. The normalized spacial score (nSPS) is 12.7. The number of hydrogen-bond donors (Lipinski definition) is 0. The van der Waals surface area contributed by atoms with Gasteiger partial charge in [-0.3, -0.25) is 0 Å². The Morgan fingerprint density at radius 2 is 1.65 bits per heavy atom. The van der Waals surface area contributed by atoms with Crippen molar-refractivity contribution in [3.8, 4) is 0 Å². The molecule has 0 aliphatic rings. The summed E-state index contributed by atoms with van der Waals surface area (Å²) in [6, 6.07) is 0. The molecule has 0 aromatic carbocycles. The number of hydrogen-bond acceptors (Lipinski definition) is 2. The van der Waals surface area contributed by atoms with E-state index in [1.165, 1.54) is 6.08 Å². The molecule has 98 valence electrons. The van der Waals surface area contributed by atoms with Crippen molar-refractivity contribution in [3.63, 3.8) is 0 Å². The van der Waals surface area contributed by atoms with E-state index in [1.807, 2.05) is 0 Å². The average Bonchev–Trinajstić information content (AvgIpc) is 2.11. The minimum absolute atomic E-state index is 0.168. The fourth-order valence-corrected chi connectivity index (χ4v) is 0.987. The van der Waals surface area contributed by atoms with Crippen LogP contribution in [0.4, 0.5) is 13.2 Å². The maximum Gasteiger partial charge on any atom is 0.425 e. The Morgan fingerprint density at radius 3 is 1.94 bits per heavy atom. The molecule has 0 rings (SSSR count). The molecule has 0 N–H and O–H groups in total. The number of ether oxygens (including phenoxy) is 1. The van der Waals surface area contributed by atoms with Gasteiger partial charge in [-0.05, 0) is 40.7 Å². The SMILES string of the molecule is CC(C)=CC(C(=O)OC(C)C(F)(F)F)=C(C)C. The lowest BCUT2D eigenvalue weighted by atomic mass is 10.1. The monoisotopic (exact) mass is 250 g/mol. The average molecular weight is 250 g/mol. The Bertz CT molecular complexity index is 343. The maximum atomic E-state index is 12.2. The van der Waals surface area contributed by atoms with Crippen molar-refractivity contribution in [3.05, 3.63) is 22.8 Å². The first-order chi connectivity index (χ1) is 7.55. The summed E-state index contributed by atoms with van der Waals surface area (Å²) < 4.78 is 41.1. The van der Waals surface area contributed by atoms with Crippen LogP contribution >= 0.6 is 0 Å². The molecule has 2 nitrogen and oxygen atoms in total. The summed E-state index contributed by atoms with van der Waals surface area (Å²) in [4.78, 5) is 11.6. The quantitative estimate of drug-likeness (QED) is 0.433. The molecule has 0 spiro atoms. The maximum absolute atomic E-state index is 12.2. The van der Waals surface area contributed by atoms with Crippen LogP contribution in [0.2, 0.25) is 0 Å². The summed E-state index contributed by atoms with van der Waals surface area (Å²) in [5, 5.41) is 0. The molecule has 0 fully saturated rings. The van der Waals surface area contributed by atoms with Gasteiger partial charge >= 0.3 is 12.1 Å². The Morgan fingerprint density at radius 1 is 1.18 bits per heavy atom. The van der Waals surface area contributed by atoms with Gasteiger partial charge in [-0.1, -0.05) is 11.1 Å². The first-order valence-corrected chi connectivity index (χ1v) is 5.15. The van der Waals surface area contributed by atoms with E-state index < -0.39 is 18.2 Å². The Hall–Kier alpha value is -1.26. The molecule has 0 saturated heterocycles. The minimum atomic E-state index is -4.53. The summed E-state index contributed by atoms with van der Waals surface area (Å²) in [6.07, 6.45) is -5.12. The van der Waals surface area contributed by atoms with Gasteiger partial charge in [-0.15, -0.1) is 0 Å². The summed E-state index contributed by atoms with van der Waals surface area (Å²) >= 11 is 0. The molecule has 0 radical (unpaired) electrons. The Kier molecular flexibility index (Phi) is 5.45. The summed E-state index contributed by atoms with van der Waals surface area (Å²) in [7, 11) is 0. The zero-order valence-corrected chi connectivity index (χ0v) is 10.6. The molecule has 0 aromatic rings. The van der Waals surface area contributed by atoms with Gasteiger partial charge in [0, 0.05) is 0 Å². The zero-order valence-electron chi connectivity index (χ0n) is 10.6. The van der Waals surface area contributed by atoms with Crippen molar-refractivity contribution in [2.45, 2.75) is 46.9 Å². The van der Waals surface area contributed by atoms with Crippen molar-refractivity contribution < 1.29 is 22.7 Å². The van der Waals surface area contributed by atoms with E-state index in [0.717, 1.165) is 12.5 Å². The molecule has 0 saturated carbocycles. The molecule has 0 aliphatic heterocycles. The fraction of sp³-hybridized carbons (Fsp3) is 0.583. The first-order valence-electron chi connectivity index (χ1n) is 5.15. The van der Waals surface area contributed by atoms with Crippen LogP contribution in [0.1, 0.15) is 34.6 Å². The van der Waals surface area contributed by atoms with Crippen LogP contribution in [0.15, 0.2) is 22.8 Å². The molecular weight excluding hydrogens is 233 g/mol. The van der Waals surface area contributed by atoms with Crippen molar-refractivity contribution >= 4 is 5.97 Å². The van der Waals surface area contributed by atoms with Gasteiger partial charge in [0.2, 0.25) is 0 Å². The van der Waals surface area contributed by atoms with Crippen LogP contribution < -0.4 is 0 Å². The lowest BCUT2D eigenvalue weighted by Crippen LogP contribution is -2.31. The lowest BCUT2D eigenvalue weighted by molar-refractivity contribution is -0.213. The molecule has 0 aliphatic carbocycles. The van der Waals surface area contributed by atoms with E-state index in [9.17, 15) is 18.0 Å². The van der Waals surface area contributed by atoms with Crippen molar-refractivity contribution in [1.82, 2.24) is 0 Å². The first kappa shape index (κ1) is 15.7.